The van der Waals surface area contributed by atoms with Crippen LogP contribution in [0.15, 0.2) is 42.5 Å². The van der Waals surface area contributed by atoms with Gasteiger partial charge in [0.2, 0.25) is 0 Å². The van der Waals surface area contributed by atoms with Crippen LogP contribution in [0.5, 0.6) is 0 Å². The molecule has 1 N–H and O–H groups in total. The second-order valence-corrected chi connectivity index (χ2v) is 5.30. The van der Waals surface area contributed by atoms with E-state index in [4.69, 9.17) is 28.3 Å². The van der Waals surface area contributed by atoms with Crippen molar-refractivity contribution in [3.05, 3.63) is 63.6 Å². The van der Waals surface area contributed by atoms with Crippen molar-refractivity contribution in [1.82, 2.24) is 0 Å². The van der Waals surface area contributed by atoms with Gasteiger partial charge in [0.25, 0.3) is 0 Å². The fraction of sp³-hybridized carbons (Fsp3) is 0.133. The molecule has 0 heterocycles. The molecule has 0 aliphatic heterocycles. The number of benzene rings is 2. The first-order valence-corrected chi connectivity index (χ1v) is 6.71. The molecule has 0 radical (unpaired) electrons. The van der Waals surface area contributed by atoms with E-state index in [2.05, 4.69) is 0 Å². The number of carboxylic acids is 1. The second-order valence-electron chi connectivity index (χ2n) is 4.45. The van der Waals surface area contributed by atoms with Crippen molar-refractivity contribution < 1.29 is 9.90 Å². The van der Waals surface area contributed by atoms with Gasteiger partial charge >= 0.3 is 5.97 Å². The Balaban J connectivity index is 2.18. The molecule has 0 aliphatic carbocycles. The van der Waals surface area contributed by atoms with Crippen molar-refractivity contribution in [2.75, 3.05) is 11.9 Å². The van der Waals surface area contributed by atoms with Gasteiger partial charge in [0, 0.05) is 18.6 Å². The number of rotatable bonds is 4. The molecule has 0 amide bonds. The predicted octanol–water partition coefficient (Wildman–Crippen LogP) is 4.33. The zero-order chi connectivity index (χ0) is 14.7. The molecule has 0 aromatic heterocycles. The zero-order valence-corrected chi connectivity index (χ0v) is 12.3. The maximum Gasteiger partial charge on any atom is 0.335 e. The summed E-state index contributed by atoms with van der Waals surface area (Å²) in [5.41, 5.74) is 2.06. The number of carbonyl (C=O) groups is 1. The van der Waals surface area contributed by atoms with Crippen LogP contribution < -0.4 is 4.90 Å². The molecule has 0 atom stereocenters. The third kappa shape index (κ3) is 3.44. The molecule has 0 saturated carbocycles. The van der Waals surface area contributed by atoms with Gasteiger partial charge in [-0.15, -0.1) is 0 Å². The molecule has 2 aromatic carbocycles. The minimum atomic E-state index is -0.987. The van der Waals surface area contributed by atoms with Crippen LogP contribution in [0.25, 0.3) is 0 Å². The molecule has 0 aliphatic rings. The van der Waals surface area contributed by atoms with E-state index in [9.17, 15) is 4.79 Å². The van der Waals surface area contributed by atoms with Gasteiger partial charge in [-0.3, -0.25) is 0 Å². The SMILES string of the molecule is CN(Cc1ccc(Cl)cc1)c1ccc(C(=O)O)cc1Cl. The molecule has 5 heteroatoms. The summed E-state index contributed by atoms with van der Waals surface area (Å²) in [5.74, 6) is -0.987. The summed E-state index contributed by atoms with van der Waals surface area (Å²) in [7, 11) is 1.90. The van der Waals surface area contributed by atoms with Gasteiger partial charge in [-0.25, -0.2) is 4.79 Å². The molecular formula is C15H13Cl2NO2. The lowest BCUT2D eigenvalue weighted by atomic mass is 10.1. The van der Waals surface area contributed by atoms with E-state index in [1.807, 2.05) is 36.2 Å². The molecule has 2 aromatic rings. The Hall–Kier alpha value is -1.71. The van der Waals surface area contributed by atoms with Gasteiger partial charge in [-0.1, -0.05) is 35.3 Å². The van der Waals surface area contributed by atoms with E-state index >= 15 is 0 Å². The number of anilines is 1. The van der Waals surface area contributed by atoms with Crippen LogP contribution in [0, 0.1) is 0 Å². The highest BCUT2D eigenvalue weighted by molar-refractivity contribution is 6.33. The van der Waals surface area contributed by atoms with Crippen LogP contribution in [0.1, 0.15) is 15.9 Å². The summed E-state index contributed by atoms with van der Waals surface area (Å²) in [6, 6.07) is 12.3. The molecular weight excluding hydrogens is 297 g/mol. The highest BCUT2D eigenvalue weighted by Gasteiger charge is 2.10. The van der Waals surface area contributed by atoms with Crippen LogP contribution in [0.2, 0.25) is 10.0 Å². The van der Waals surface area contributed by atoms with Crippen molar-refractivity contribution in [3.8, 4) is 0 Å². The van der Waals surface area contributed by atoms with Crippen LogP contribution in [0.3, 0.4) is 0 Å². The summed E-state index contributed by atoms with van der Waals surface area (Å²) in [5, 5.41) is 10.0. The van der Waals surface area contributed by atoms with Crippen molar-refractivity contribution in [3.63, 3.8) is 0 Å². The first-order valence-electron chi connectivity index (χ1n) is 5.96. The maximum atomic E-state index is 10.9. The standard InChI is InChI=1S/C15H13Cl2NO2/c1-18(9-10-2-5-12(16)6-3-10)14-7-4-11(15(19)20)8-13(14)17/h2-8H,9H2,1H3,(H,19,20). The molecule has 0 unspecified atom stereocenters. The number of hydrogen-bond donors (Lipinski definition) is 1. The van der Waals surface area contributed by atoms with Crippen LogP contribution in [-0.2, 0) is 6.54 Å². The van der Waals surface area contributed by atoms with Gasteiger partial charge in [-0.05, 0) is 35.9 Å². The predicted molar refractivity (Wildman–Crippen MR) is 82.0 cm³/mol. The highest BCUT2D eigenvalue weighted by atomic mass is 35.5. The van der Waals surface area contributed by atoms with Gasteiger partial charge in [-0.2, -0.15) is 0 Å². The maximum absolute atomic E-state index is 10.9. The topological polar surface area (TPSA) is 40.5 Å². The van der Waals surface area contributed by atoms with E-state index in [0.29, 0.717) is 16.6 Å². The highest BCUT2D eigenvalue weighted by Crippen LogP contribution is 2.27. The summed E-state index contributed by atoms with van der Waals surface area (Å²) < 4.78 is 0. The summed E-state index contributed by atoms with van der Waals surface area (Å²) >= 11 is 12.0. The third-order valence-electron chi connectivity index (χ3n) is 2.94. The van der Waals surface area contributed by atoms with Crippen molar-refractivity contribution in [2.24, 2.45) is 0 Å². The molecule has 20 heavy (non-hydrogen) atoms. The third-order valence-corrected chi connectivity index (χ3v) is 3.49. The van der Waals surface area contributed by atoms with E-state index in [-0.39, 0.29) is 5.56 Å². The fourth-order valence-corrected chi connectivity index (χ4v) is 2.35. The molecule has 0 bridgehead atoms. The molecule has 0 spiro atoms. The number of carboxylic acid groups (broad SMARTS) is 1. The first kappa shape index (κ1) is 14.7. The molecule has 2 rings (SSSR count). The summed E-state index contributed by atoms with van der Waals surface area (Å²) in [6.45, 7) is 0.656. The average molecular weight is 310 g/mol. The Bertz CT molecular complexity index is 626. The Morgan fingerprint density at radius 1 is 1.15 bits per heavy atom. The number of nitrogens with zero attached hydrogens (tertiary/aromatic N) is 1. The van der Waals surface area contributed by atoms with E-state index in [0.717, 1.165) is 11.3 Å². The van der Waals surface area contributed by atoms with Gasteiger partial charge in [0.1, 0.15) is 0 Å². The lowest BCUT2D eigenvalue weighted by molar-refractivity contribution is 0.0697. The van der Waals surface area contributed by atoms with Gasteiger partial charge < -0.3 is 10.0 Å². The van der Waals surface area contributed by atoms with E-state index < -0.39 is 5.97 Å². The normalized spacial score (nSPS) is 10.3. The largest absolute Gasteiger partial charge is 0.478 e. The quantitative estimate of drug-likeness (QED) is 0.914. The lowest BCUT2D eigenvalue weighted by Gasteiger charge is -2.21. The molecule has 104 valence electrons. The zero-order valence-electron chi connectivity index (χ0n) is 10.8. The average Bonchev–Trinajstić information content (AvgIpc) is 2.41. The molecule has 3 nitrogen and oxygen atoms in total. The van der Waals surface area contributed by atoms with Crippen molar-refractivity contribution in [2.45, 2.75) is 6.54 Å². The first-order chi connectivity index (χ1) is 9.47. The summed E-state index contributed by atoms with van der Waals surface area (Å²) in [6.07, 6.45) is 0. The monoisotopic (exact) mass is 309 g/mol. The van der Waals surface area contributed by atoms with E-state index in [1.165, 1.54) is 6.07 Å². The minimum absolute atomic E-state index is 0.179. The Morgan fingerprint density at radius 3 is 2.35 bits per heavy atom. The molecule has 0 fully saturated rings. The smallest absolute Gasteiger partial charge is 0.335 e. The lowest BCUT2D eigenvalue weighted by Crippen LogP contribution is -2.17. The second kappa shape index (κ2) is 6.16. The van der Waals surface area contributed by atoms with E-state index in [1.54, 1.807) is 12.1 Å². The van der Waals surface area contributed by atoms with Crippen LogP contribution in [-0.4, -0.2) is 18.1 Å². The molecule has 0 saturated heterocycles. The van der Waals surface area contributed by atoms with Crippen LogP contribution >= 0.6 is 23.2 Å². The Kier molecular flexibility index (Phi) is 4.53. The number of hydrogen-bond acceptors (Lipinski definition) is 2. The number of halogens is 2. The number of aromatic carboxylic acids is 1. The van der Waals surface area contributed by atoms with Crippen LogP contribution in [0.4, 0.5) is 5.69 Å². The Morgan fingerprint density at radius 2 is 1.80 bits per heavy atom. The van der Waals surface area contributed by atoms with Gasteiger partial charge in [0.05, 0.1) is 16.3 Å². The fourth-order valence-electron chi connectivity index (χ4n) is 1.90. The van der Waals surface area contributed by atoms with Gasteiger partial charge in [0.15, 0.2) is 0 Å². The Labute approximate surface area is 127 Å². The van der Waals surface area contributed by atoms with Crippen molar-refractivity contribution >= 4 is 34.9 Å². The summed E-state index contributed by atoms with van der Waals surface area (Å²) in [4.78, 5) is 12.8. The van der Waals surface area contributed by atoms with Crippen molar-refractivity contribution in [1.29, 1.82) is 0 Å². The minimum Gasteiger partial charge on any atom is -0.478 e.